The second-order valence-electron chi connectivity index (χ2n) is 5.80. The molecule has 0 aliphatic heterocycles. The van der Waals surface area contributed by atoms with Crippen LogP contribution in [0.25, 0.3) is 0 Å². The lowest BCUT2D eigenvalue weighted by Gasteiger charge is -2.45. The Labute approximate surface area is 109 Å². The first kappa shape index (κ1) is 13.4. The minimum atomic E-state index is 0.0716. The van der Waals surface area contributed by atoms with Crippen molar-refractivity contribution in [3.05, 3.63) is 0 Å². The average molecular weight is 252 g/mol. The van der Waals surface area contributed by atoms with E-state index >= 15 is 0 Å². The maximum absolute atomic E-state index is 11.3. The fraction of sp³-hybridized carbons (Fsp3) is 0.857. The topological polar surface area (TPSA) is 58.2 Å². The molecule has 2 saturated carbocycles. The number of hydrogen-bond acceptors (Lipinski definition) is 2. The van der Waals surface area contributed by atoms with Crippen LogP contribution >= 0.6 is 0 Å². The Hall–Kier alpha value is -1.06. The van der Waals surface area contributed by atoms with E-state index in [0.717, 1.165) is 25.7 Å². The highest BCUT2D eigenvalue weighted by Gasteiger charge is 2.40. The van der Waals surface area contributed by atoms with Crippen molar-refractivity contribution in [1.29, 1.82) is 0 Å². The number of carbonyl (C=O) groups excluding carboxylic acids is 2. The summed E-state index contributed by atoms with van der Waals surface area (Å²) in [7, 11) is 0. The Balaban J connectivity index is 2.04. The average Bonchev–Trinajstić information content (AvgIpc) is 2.29. The van der Waals surface area contributed by atoms with Crippen LogP contribution in [0.2, 0.25) is 0 Å². The monoisotopic (exact) mass is 252 g/mol. The fourth-order valence-electron chi connectivity index (χ4n) is 3.88. The van der Waals surface area contributed by atoms with E-state index in [1.54, 1.807) is 13.8 Å². The van der Waals surface area contributed by atoms with Gasteiger partial charge in [0.2, 0.25) is 11.8 Å². The van der Waals surface area contributed by atoms with Crippen LogP contribution < -0.4 is 10.6 Å². The molecule has 2 aliphatic carbocycles. The largest absolute Gasteiger partial charge is 0.353 e. The highest BCUT2D eigenvalue weighted by Crippen LogP contribution is 2.40. The Bertz CT molecular complexity index is 298. The summed E-state index contributed by atoms with van der Waals surface area (Å²) < 4.78 is 0. The van der Waals surface area contributed by atoms with Gasteiger partial charge in [0.15, 0.2) is 0 Å². The lowest BCUT2D eigenvalue weighted by Crippen LogP contribution is -2.53. The molecular weight excluding hydrogens is 228 g/mol. The van der Waals surface area contributed by atoms with Gasteiger partial charge in [0.25, 0.3) is 0 Å². The molecule has 0 aromatic heterocycles. The molecule has 0 heterocycles. The third-order valence-electron chi connectivity index (χ3n) is 4.47. The van der Waals surface area contributed by atoms with E-state index in [0.29, 0.717) is 23.9 Å². The summed E-state index contributed by atoms with van der Waals surface area (Å²) in [5.41, 5.74) is 0. The van der Waals surface area contributed by atoms with Crippen molar-refractivity contribution in [3.63, 3.8) is 0 Å². The Morgan fingerprint density at radius 2 is 1.17 bits per heavy atom. The summed E-state index contributed by atoms with van der Waals surface area (Å²) >= 11 is 0. The number of hydrogen-bond donors (Lipinski definition) is 2. The standard InChI is InChI=1S/C14H24N2O2/c1-9(17)15-13-7-3-6-12-11(13)5-4-8-14(12)16-10(2)18/h11-14H,3-8H2,1-2H3,(H,15,17)(H,16,18). The van der Waals surface area contributed by atoms with Crippen molar-refractivity contribution in [2.45, 2.75) is 64.5 Å². The zero-order valence-electron chi connectivity index (χ0n) is 11.4. The molecule has 0 spiro atoms. The van der Waals surface area contributed by atoms with Gasteiger partial charge in [0.1, 0.15) is 0 Å². The third-order valence-corrected chi connectivity index (χ3v) is 4.47. The van der Waals surface area contributed by atoms with Crippen LogP contribution in [0.15, 0.2) is 0 Å². The molecule has 4 unspecified atom stereocenters. The van der Waals surface area contributed by atoms with Gasteiger partial charge >= 0.3 is 0 Å². The van der Waals surface area contributed by atoms with Crippen molar-refractivity contribution < 1.29 is 9.59 Å². The van der Waals surface area contributed by atoms with Crippen molar-refractivity contribution in [3.8, 4) is 0 Å². The zero-order chi connectivity index (χ0) is 13.1. The van der Waals surface area contributed by atoms with Gasteiger partial charge in [-0.25, -0.2) is 0 Å². The quantitative estimate of drug-likeness (QED) is 0.784. The molecule has 0 aromatic rings. The van der Waals surface area contributed by atoms with E-state index in [-0.39, 0.29) is 11.8 Å². The van der Waals surface area contributed by atoms with Gasteiger partial charge in [-0.3, -0.25) is 9.59 Å². The normalized spacial score (nSPS) is 35.4. The van der Waals surface area contributed by atoms with Gasteiger partial charge in [-0.15, -0.1) is 0 Å². The fourth-order valence-corrected chi connectivity index (χ4v) is 3.88. The lowest BCUT2D eigenvalue weighted by atomic mass is 9.66. The van der Waals surface area contributed by atoms with E-state index < -0.39 is 0 Å². The Morgan fingerprint density at radius 1 is 0.778 bits per heavy atom. The first-order valence-corrected chi connectivity index (χ1v) is 7.12. The third kappa shape index (κ3) is 3.03. The second-order valence-corrected chi connectivity index (χ2v) is 5.80. The molecule has 0 radical (unpaired) electrons. The van der Waals surface area contributed by atoms with Crippen molar-refractivity contribution in [1.82, 2.24) is 10.6 Å². The zero-order valence-corrected chi connectivity index (χ0v) is 11.4. The highest BCUT2D eigenvalue weighted by atomic mass is 16.2. The van der Waals surface area contributed by atoms with Crippen LogP contribution in [0.3, 0.4) is 0 Å². The van der Waals surface area contributed by atoms with E-state index in [4.69, 9.17) is 0 Å². The molecule has 2 amide bonds. The van der Waals surface area contributed by atoms with Crippen LogP contribution in [0.5, 0.6) is 0 Å². The maximum atomic E-state index is 11.3. The number of fused-ring (bicyclic) bond motifs is 1. The molecule has 0 saturated heterocycles. The number of carbonyl (C=O) groups is 2. The molecule has 2 rings (SSSR count). The minimum Gasteiger partial charge on any atom is -0.353 e. The van der Waals surface area contributed by atoms with Crippen molar-refractivity contribution in [2.75, 3.05) is 0 Å². The number of nitrogens with one attached hydrogen (secondary N) is 2. The lowest BCUT2D eigenvalue weighted by molar-refractivity contribution is -0.122. The number of amides is 2. The first-order chi connectivity index (χ1) is 8.58. The second kappa shape index (κ2) is 5.72. The van der Waals surface area contributed by atoms with Gasteiger partial charge in [-0.05, 0) is 37.5 Å². The molecule has 2 fully saturated rings. The van der Waals surface area contributed by atoms with Gasteiger partial charge < -0.3 is 10.6 Å². The van der Waals surface area contributed by atoms with Crippen LogP contribution in [-0.2, 0) is 9.59 Å². The predicted molar refractivity (Wildman–Crippen MR) is 69.9 cm³/mol. The minimum absolute atomic E-state index is 0.0716. The highest BCUT2D eigenvalue weighted by molar-refractivity contribution is 5.73. The summed E-state index contributed by atoms with van der Waals surface area (Å²) in [6.07, 6.45) is 6.86. The van der Waals surface area contributed by atoms with E-state index in [1.165, 1.54) is 12.8 Å². The summed E-state index contributed by atoms with van der Waals surface area (Å²) in [5, 5.41) is 6.21. The SMILES string of the molecule is CC(=O)NC1CCCC2C(NC(C)=O)CCCC12. The molecule has 0 aromatic carbocycles. The smallest absolute Gasteiger partial charge is 0.217 e. The van der Waals surface area contributed by atoms with Crippen LogP contribution in [0.4, 0.5) is 0 Å². The molecule has 18 heavy (non-hydrogen) atoms. The molecule has 2 aliphatic rings. The van der Waals surface area contributed by atoms with Crippen molar-refractivity contribution >= 4 is 11.8 Å². The molecule has 4 heteroatoms. The summed E-state index contributed by atoms with van der Waals surface area (Å²) in [5.74, 6) is 1.24. The molecule has 4 atom stereocenters. The molecule has 2 N–H and O–H groups in total. The molecule has 102 valence electrons. The predicted octanol–water partition coefficient (Wildman–Crippen LogP) is 1.60. The molecule has 4 nitrogen and oxygen atoms in total. The van der Waals surface area contributed by atoms with Crippen LogP contribution in [0.1, 0.15) is 52.4 Å². The van der Waals surface area contributed by atoms with Crippen LogP contribution in [0, 0.1) is 11.8 Å². The van der Waals surface area contributed by atoms with Gasteiger partial charge in [-0.2, -0.15) is 0 Å². The summed E-state index contributed by atoms with van der Waals surface area (Å²) in [6, 6.07) is 0.635. The van der Waals surface area contributed by atoms with Gasteiger partial charge in [0.05, 0.1) is 0 Å². The van der Waals surface area contributed by atoms with Gasteiger partial charge in [-0.1, -0.05) is 12.8 Å². The number of rotatable bonds is 2. The summed E-state index contributed by atoms with van der Waals surface area (Å²) in [6.45, 7) is 3.19. The van der Waals surface area contributed by atoms with Crippen LogP contribution in [-0.4, -0.2) is 23.9 Å². The Morgan fingerprint density at radius 3 is 1.50 bits per heavy atom. The van der Waals surface area contributed by atoms with E-state index in [2.05, 4.69) is 10.6 Å². The first-order valence-electron chi connectivity index (χ1n) is 7.12. The Kier molecular flexibility index (Phi) is 4.25. The maximum Gasteiger partial charge on any atom is 0.217 e. The van der Waals surface area contributed by atoms with E-state index in [1.807, 2.05) is 0 Å². The van der Waals surface area contributed by atoms with Crippen molar-refractivity contribution in [2.24, 2.45) is 11.8 Å². The molecule has 0 bridgehead atoms. The summed E-state index contributed by atoms with van der Waals surface area (Å²) in [4.78, 5) is 22.5. The van der Waals surface area contributed by atoms with Gasteiger partial charge in [0, 0.05) is 25.9 Å². The molecular formula is C14H24N2O2. The van der Waals surface area contributed by atoms with E-state index in [9.17, 15) is 9.59 Å².